The molecule has 1 amide bonds. The van der Waals surface area contributed by atoms with Crippen molar-refractivity contribution in [3.05, 3.63) is 66.0 Å². The summed E-state index contributed by atoms with van der Waals surface area (Å²) in [6, 6.07) is 11.7. The van der Waals surface area contributed by atoms with E-state index in [9.17, 15) is 4.79 Å². The summed E-state index contributed by atoms with van der Waals surface area (Å²) >= 11 is 0. The van der Waals surface area contributed by atoms with Crippen molar-refractivity contribution in [2.45, 2.75) is 33.3 Å². The van der Waals surface area contributed by atoms with Gasteiger partial charge in [0, 0.05) is 31.6 Å². The zero-order valence-electron chi connectivity index (χ0n) is 15.2. The zero-order valence-corrected chi connectivity index (χ0v) is 15.2. The molecule has 0 saturated heterocycles. The van der Waals surface area contributed by atoms with E-state index in [1.165, 1.54) is 5.56 Å². The van der Waals surface area contributed by atoms with Gasteiger partial charge in [0.15, 0.2) is 0 Å². The molecule has 0 aliphatic carbocycles. The molecule has 1 heterocycles. The number of carbonyl (C=O) groups is 1. The molecule has 2 aromatic rings. The summed E-state index contributed by atoms with van der Waals surface area (Å²) in [5.41, 5.74) is 2.14. The van der Waals surface area contributed by atoms with E-state index in [1.54, 1.807) is 18.5 Å². The van der Waals surface area contributed by atoms with Crippen LogP contribution in [0.4, 0.5) is 0 Å². The molecular weight excluding hydrogens is 312 g/mol. The highest BCUT2D eigenvalue weighted by Crippen LogP contribution is 2.16. The van der Waals surface area contributed by atoms with Gasteiger partial charge in [0.25, 0.3) is 0 Å². The Kier molecular flexibility index (Phi) is 7.20. The first-order valence-electron chi connectivity index (χ1n) is 8.71. The van der Waals surface area contributed by atoms with Gasteiger partial charge in [0.1, 0.15) is 5.75 Å². The zero-order chi connectivity index (χ0) is 18.1. The van der Waals surface area contributed by atoms with Crippen LogP contribution in [-0.2, 0) is 11.2 Å². The minimum absolute atomic E-state index is 0.0201. The van der Waals surface area contributed by atoms with Crippen LogP contribution in [0.15, 0.2) is 54.9 Å². The van der Waals surface area contributed by atoms with Crippen LogP contribution >= 0.6 is 0 Å². The Hall–Kier alpha value is -2.62. The molecule has 0 atom stereocenters. The molecule has 132 valence electrons. The van der Waals surface area contributed by atoms with Crippen molar-refractivity contribution in [2.75, 3.05) is 13.1 Å². The van der Waals surface area contributed by atoms with Crippen LogP contribution in [0.2, 0.25) is 0 Å². The molecular formula is C21H26N2O2. The maximum atomic E-state index is 12.4. The monoisotopic (exact) mass is 338 g/mol. The highest BCUT2D eigenvalue weighted by Gasteiger charge is 2.08. The van der Waals surface area contributed by atoms with Crippen LogP contribution in [0.5, 0.6) is 5.75 Å². The molecule has 0 bridgehead atoms. The van der Waals surface area contributed by atoms with E-state index in [0.717, 1.165) is 17.7 Å². The van der Waals surface area contributed by atoms with Crippen molar-refractivity contribution >= 4 is 12.0 Å². The van der Waals surface area contributed by atoms with Gasteiger partial charge in [-0.25, -0.2) is 0 Å². The first-order chi connectivity index (χ1) is 12.1. The normalized spacial score (nSPS) is 11.0. The van der Waals surface area contributed by atoms with E-state index in [-0.39, 0.29) is 12.0 Å². The van der Waals surface area contributed by atoms with E-state index in [4.69, 9.17) is 4.74 Å². The van der Waals surface area contributed by atoms with E-state index < -0.39 is 0 Å². The quantitative estimate of drug-likeness (QED) is 0.684. The number of carbonyl (C=O) groups excluding carboxylic acids is 1. The second-order valence-corrected chi connectivity index (χ2v) is 6.10. The third-order valence-electron chi connectivity index (χ3n) is 3.76. The topological polar surface area (TPSA) is 42.4 Å². The summed E-state index contributed by atoms with van der Waals surface area (Å²) in [5, 5.41) is 0. The highest BCUT2D eigenvalue weighted by atomic mass is 16.5. The summed E-state index contributed by atoms with van der Waals surface area (Å²) in [5.74, 6) is 0.835. The van der Waals surface area contributed by atoms with Gasteiger partial charge in [-0.15, -0.1) is 0 Å². The molecule has 0 radical (unpaired) electrons. The lowest BCUT2D eigenvalue weighted by atomic mass is 10.2. The van der Waals surface area contributed by atoms with Crippen LogP contribution in [0, 0.1) is 0 Å². The minimum Gasteiger partial charge on any atom is -0.491 e. The molecule has 0 aliphatic rings. The van der Waals surface area contributed by atoms with E-state index in [0.29, 0.717) is 13.1 Å². The van der Waals surface area contributed by atoms with Crippen molar-refractivity contribution in [1.82, 2.24) is 9.88 Å². The second kappa shape index (κ2) is 9.62. The predicted molar refractivity (Wildman–Crippen MR) is 101 cm³/mol. The molecule has 0 N–H and O–H groups in total. The third-order valence-corrected chi connectivity index (χ3v) is 3.76. The van der Waals surface area contributed by atoms with Gasteiger partial charge < -0.3 is 9.64 Å². The summed E-state index contributed by atoms with van der Waals surface area (Å²) in [7, 11) is 0. The minimum atomic E-state index is 0.0201. The molecule has 0 saturated carbocycles. The number of pyridine rings is 1. The third kappa shape index (κ3) is 6.42. The number of hydrogen-bond donors (Lipinski definition) is 0. The van der Waals surface area contributed by atoms with Gasteiger partial charge in [0.2, 0.25) is 5.91 Å². The Morgan fingerprint density at radius 3 is 2.68 bits per heavy atom. The Bertz CT molecular complexity index is 696. The van der Waals surface area contributed by atoms with Crippen molar-refractivity contribution in [2.24, 2.45) is 0 Å². The first kappa shape index (κ1) is 18.7. The second-order valence-electron chi connectivity index (χ2n) is 6.10. The largest absolute Gasteiger partial charge is 0.491 e. The smallest absolute Gasteiger partial charge is 0.246 e. The summed E-state index contributed by atoms with van der Waals surface area (Å²) in [4.78, 5) is 18.3. The lowest BCUT2D eigenvalue weighted by molar-refractivity contribution is -0.125. The van der Waals surface area contributed by atoms with Gasteiger partial charge in [-0.05, 0) is 68.7 Å². The fourth-order valence-corrected chi connectivity index (χ4v) is 2.47. The number of aromatic nitrogens is 1. The Morgan fingerprint density at radius 2 is 2.00 bits per heavy atom. The number of amides is 1. The van der Waals surface area contributed by atoms with Crippen LogP contribution in [0.3, 0.4) is 0 Å². The van der Waals surface area contributed by atoms with Gasteiger partial charge in [-0.2, -0.15) is 0 Å². The average Bonchev–Trinajstić information content (AvgIpc) is 2.61. The summed E-state index contributed by atoms with van der Waals surface area (Å²) in [6.07, 6.45) is 7.98. The number of rotatable bonds is 8. The number of benzene rings is 1. The van der Waals surface area contributed by atoms with E-state index in [2.05, 4.69) is 4.98 Å². The Balaban J connectivity index is 1.95. The SMILES string of the molecule is CCN(CCc1ccncc1)C(=O)/C=C/c1cccc(OC(C)C)c1. The molecule has 0 spiro atoms. The Labute approximate surface area is 150 Å². The fourth-order valence-electron chi connectivity index (χ4n) is 2.47. The van der Waals surface area contributed by atoms with Gasteiger partial charge >= 0.3 is 0 Å². The van der Waals surface area contributed by atoms with Gasteiger partial charge in [-0.3, -0.25) is 9.78 Å². The highest BCUT2D eigenvalue weighted by molar-refractivity contribution is 5.91. The van der Waals surface area contributed by atoms with Gasteiger partial charge in [-0.1, -0.05) is 12.1 Å². The van der Waals surface area contributed by atoms with Gasteiger partial charge in [0.05, 0.1) is 6.10 Å². The maximum Gasteiger partial charge on any atom is 0.246 e. The van der Waals surface area contributed by atoms with Crippen LogP contribution in [-0.4, -0.2) is 35.0 Å². The molecule has 4 heteroatoms. The summed E-state index contributed by atoms with van der Waals surface area (Å²) in [6.45, 7) is 7.36. The molecule has 25 heavy (non-hydrogen) atoms. The number of nitrogens with zero attached hydrogens (tertiary/aromatic N) is 2. The number of hydrogen-bond acceptors (Lipinski definition) is 3. The molecule has 0 unspecified atom stereocenters. The average molecular weight is 338 g/mol. The molecule has 0 aliphatic heterocycles. The molecule has 0 fully saturated rings. The van der Waals surface area contributed by atoms with E-state index in [1.807, 2.05) is 68.1 Å². The Morgan fingerprint density at radius 1 is 1.24 bits per heavy atom. The number of ether oxygens (including phenoxy) is 1. The first-order valence-corrected chi connectivity index (χ1v) is 8.71. The van der Waals surface area contributed by atoms with Crippen molar-refractivity contribution in [1.29, 1.82) is 0 Å². The molecule has 4 nitrogen and oxygen atoms in total. The summed E-state index contributed by atoms with van der Waals surface area (Å²) < 4.78 is 5.68. The van der Waals surface area contributed by atoms with Crippen molar-refractivity contribution in [3.8, 4) is 5.75 Å². The molecule has 2 rings (SSSR count). The van der Waals surface area contributed by atoms with Crippen LogP contribution in [0.1, 0.15) is 31.9 Å². The lowest BCUT2D eigenvalue weighted by Crippen LogP contribution is -2.31. The van der Waals surface area contributed by atoms with Crippen LogP contribution in [0.25, 0.3) is 6.08 Å². The lowest BCUT2D eigenvalue weighted by Gasteiger charge is -2.19. The van der Waals surface area contributed by atoms with E-state index >= 15 is 0 Å². The van der Waals surface area contributed by atoms with Crippen molar-refractivity contribution < 1.29 is 9.53 Å². The fraction of sp³-hybridized carbons (Fsp3) is 0.333. The number of likely N-dealkylation sites (N-methyl/N-ethyl adjacent to an activating group) is 1. The standard InChI is InChI=1S/C21H26N2O2/c1-4-23(15-12-18-10-13-22-14-11-18)21(24)9-8-19-6-5-7-20(16-19)25-17(2)3/h5-11,13-14,16-17H,4,12,15H2,1-3H3/b9-8+. The maximum absolute atomic E-state index is 12.4. The molecule has 1 aromatic heterocycles. The molecule has 1 aromatic carbocycles. The van der Waals surface area contributed by atoms with Crippen molar-refractivity contribution in [3.63, 3.8) is 0 Å². The van der Waals surface area contributed by atoms with Crippen LogP contribution < -0.4 is 4.74 Å². The predicted octanol–water partition coefficient (Wildman–Crippen LogP) is 3.97.